The first-order valence-electron chi connectivity index (χ1n) is 8.97. The van der Waals surface area contributed by atoms with Gasteiger partial charge in [0.2, 0.25) is 0 Å². The number of benzene rings is 3. The fourth-order valence-corrected chi connectivity index (χ4v) is 3.17. The summed E-state index contributed by atoms with van der Waals surface area (Å²) in [5, 5.41) is 5.56. The Hall–Kier alpha value is -2.92. The standard InChI is InChI=1S/C22H22N2O2S/c1-3-24(4-2)22(27)26-20-11-7-10-18(15-20)21(25)23-19-13-12-16-8-5-6-9-17(16)14-19/h5-15H,3-4H2,1-2H3,(H,23,25). The Morgan fingerprint density at radius 2 is 1.70 bits per heavy atom. The molecule has 0 saturated carbocycles. The highest BCUT2D eigenvalue weighted by Gasteiger charge is 2.11. The van der Waals surface area contributed by atoms with Crippen molar-refractivity contribution in [2.45, 2.75) is 13.8 Å². The second kappa shape index (κ2) is 8.64. The number of carbonyl (C=O) groups is 1. The zero-order valence-corrected chi connectivity index (χ0v) is 16.3. The zero-order valence-electron chi connectivity index (χ0n) is 15.4. The fraction of sp³-hybridized carbons (Fsp3) is 0.182. The van der Waals surface area contributed by atoms with Crippen molar-refractivity contribution in [3.63, 3.8) is 0 Å². The average molecular weight is 378 g/mol. The first kappa shape index (κ1) is 18.9. The van der Waals surface area contributed by atoms with Crippen LogP contribution in [0.2, 0.25) is 0 Å². The number of anilines is 1. The Kier molecular flexibility index (Phi) is 6.04. The van der Waals surface area contributed by atoms with Crippen LogP contribution in [0.15, 0.2) is 66.7 Å². The summed E-state index contributed by atoms with van der Waals surface area (Å²) in [6.45, 7) is 5.59. The molecule has 3 aromatic carbocycles. The fourth-order valence-electron chi connectivity index (χ4n) is 2.82. The number of carbonyl (C=O) groups excluding carboxylic acids is 1. The molecule has 0 spiro atoms. The van der Waals surface area contributed by atoms with Gasteiger partial charge in [0.1, 0.15) is 5.75 Å². The summed E-state index contributed by atoms with van der Waals surface area (Å²) in [5.74, 6) is 0.363. The third-order valence-corrected chi connectivity index (χ3v) is 4.67. The summed E-state index contributed by atoms with van der Waals surface area (Å²) in [7, 11) is 0. The molecule has 138 valence electrons. The van der Waals surface area contributed by atoms with E-state index in [1.165, 1.54) is 0 Å². The number of thiocarbonyl (C=S) groups is 1. The Bertz CT molecular complexity index is 967. The summed E-state index contributed by atoms with van der Waals surface area (Å²) >= 11 is 5.32. The molecule has 5 heteroatoms. The normalized spacial score (nSPS) is 10.4. The minimum absolute atomic E-state index is 0.190. The highest BCUT2D eigenvalue weighted by Crippen LogP contribution is 2.20. The maximum Gasteiger partial charge on any atom is 0.264 e. The molecule has 0 unspecified atom stereocenters. The molecular weight excluding hydrogens is 356 g/mol. The van der Waals surface area contributed by atoms with Crippen molar-refractivity contribution in [1.82, 2.24) is 4.90 Å². The number of ether oxygens (including phenoxy) is 1. The molecule has 0 saturated heterocycles. The molecule has 3 aromatic rings. The van der Waals surface area contributed by atoms with Crippen molar-refractivity contribution in [3.05, 3.63) is 72.3 Å². The minimum Gasteiger partial charge on any atom is -0.432 e. The Morgan fingerprint density at radius 1 is 0.963 bits per heavy atom. The number of nitrogens with one attached hydrogen (secondary N) is 1. The van der Waals surface area contributed by atoms with Gasteiger partial charge in [-0.3, -0.25) is 4.79 Å². The SMILES string of the molecule is CCN(CC)C(=S)Oc1cccc(C(=O)Nc2ccc3ccccc3c2)c1. The van der Waals surface area contributed by atoms with E-state index in [9.17, 15) is 4.79 Å². The van der Waals surface area contributed by atoms with Crippen LogP contribution in [0.25, 0.3) is 10.8 Å². The van der Waals surface area contributed by atoms with E-state index in [0.29, 0.717) is 16.5 Å². The van der Waals surface area contributed by atoms with E-state index < -0.39 is 0 Å². The number of rotatable bonds is 5. The number of hydrogen-bond donors (Lipinski definition) is 1. The molecule has 0 aliphatic carbocycles. The molecule has 0 aromatic heterocycles. The van der Waals surface area contributed by atoms with Gasteiger partial charge in [-0.1, -0.05) is 36.4 Å². The number of amides is 1. The molecule has 0 bridgehead atoms. The van der Waals surface area contributed by atoms with Crippen LogP contribution in [-0.2, 0) is 0 Å². The highest BCUT2D eigenvalue weighted by atomic mass is 32.1. The summed E-state index contributed by atoms with van der Waals surface area (Å²) in [5.41, 5.74) is 1.27. The predicted molar refractivity (Wildman–Crippen MR) is 114 cm³/mol. The van der Waals surface area contributed by atoms with Crippen molar-refractivity contribution in [2.24, 2.45) is 0 Å². The van der Waals surface area contributed by atoms with E-state index in [4.69, 9.17) is 17.0 Å². The van der Waals surface area contributed by atoms with Crippen LogP contribution in [0, 0.1) is 0 Å². The minimum atomic E-state index is -0.190. The quantitative estimate of drug-likeness (QED) is 0.627. The van der Waals surface area contributed by atoms with Crippen LogP contribution >= 0.6 is 12.2 Å². The molecule has 1 N–H and O–H groups in total. The number of hydrogen-bond acceptors (Lipinski definition) is 3. The molecule has 0 aliphatic heterocycles. The van der Waals surface area contributed by atoms with E-state index in [-0.39, 0.29) is 5.91 Å². The van der Waals surface area contributed by atoms with Crippen molar-refractivity contribution in [3.8, 4) is 5.75 Å². The summed E-state index contributed by atoms with van der Waals surface area (Å²) in [6, 6.07) is 20.9. The van der Waals surface area contributed by atoms with Crippen LogP contribution in [0.3, 0.4) is 0 Å². The molecule has 0 fully saturated rings. The van der Waals surface area contributed by atoms with Gasteiger partial charge in [-0.25, -0.2) is 0 Å². The molecule has 3 rings (SSSR count). The van der Waals surface area contributed by atoms with Gasteiger partial charge < -0.3 is 15.0 Å². The van der Waals surface area contributed by atoms with E-state index in [0.717, 1.165) is 29.5 Å². The smallest absolute Gasteiger partial charge is 0.264 e. The van der Waals surface area contributed by atoms with E-state index >= 15 is 0 Å². The lowest BCUT2D eigenvalue weighted by Gasteiger charge is -2.21. The second-order valence-corrected chi connectivity index (χ2v) is 6.43. The Balaban J connectivity index is 1.73. The first-order chi connectivity index (χ1) is 13.1. The van der Waals surface area contributed by atoms with Gasteiger partial charge in [0.25, 0.3) is 11.1 Å². The van der Waals surface area contributed by atoms with Crippen molar-refractivity contribution in [2.75, 3.05) is 18.4 Å². The zero-order chi connectivity index (χ0) is 19.2. The van der Waals surface area contributed by atoms with Crippen LogP contribution in [-0.4, -0.2) is 29.1 Å². The summed E-state index contributed by atoms with van der Waals surface area (Å²) < 4.78 is 5.73. The lowest BCUT2D eigenvalue weighted by atomic mass is 10.1. The maximum absolute atomic E-state index is 12.6. The molecular formula is C22H22N2O2S. The Morgan fingerprint density at radius 3 is 2.44 bits per heavy atom. The maximum atomic E-state index is 12.6. The lowest BCUT2D eigenvalue weighted by molar-refractivity contribution is 0.102. The van der Waals surface area contributed by atoms with Crippen molar-refractivity contribution < 1.29 is 9.53 Å². The molecule has 4 nitrogen and oxygen atoms in total. The van der Waals surface area contributed by atoms with Crippen LogP contribution in [0.4, 0.5) is 5.69 Å². The number of fused-ring (bicyclic) bond motifs is 1. The predicted octanol–water partition coefficient (Wildman–Crippen LogP) is 5.10. The van der Waals surface area contributed by atoms with Gasteiger partial charge in [0.05, 0.1) is 0 Å². The topological polar surface area (TPSA) is 41.6 Å². The molecule has 0 heterocycles. The highest BCUT2D eigenvalue weighted by molar-refractivity contribution is 7.80. The largest absolute Gasteiger partial charge is 0.432 e. The van der Waals surface area contributed by atoms with Crippen LogP contribution in [0.5, 0.6) is 5.75 Å². The monoisotopic (exact) mass is 378 g/mol. The van der Waals surface area contributed by atoms with E-state index in [2.05, 4.69) is 5.32 Å². The Labute approximate surface area is 164 Å². The molecule has 0 aliphatic rings. The van der Waals surface area contributed by atoms with Crippen molar-refractivity contribution in [1.29, 1.82) is 0 Å². The van der Waals surface area contributed by atoms with E-state index in [1.807, 2.05) is 61.2 Å². The molecule has 1 amide bonds. The average Bonchev–Trinajstić information content (AvgIpc) is 2.69. The number of nitrogens with zero attached hydrogens (tertiary/aromatic N) is 1. The van der Waals surface area contributed by atoms with Gasteiger partial charge >= 0.3 is 0 Å². The van der Waals surface area contributed by atoms with Crippen LogP contribution < -0.4 is 10.1 Å². The third-order valence-electron chi connectivity index (χ3n) is 4.33. The molecule has 0 atom stereocenters. The van der Waals surface area contributed by atoms with Gasteiger partial charge in [0.15, 0.2) is 0 Å². The lowest BCUT2D eigenvalue weighted by Crippen LogP contribution is -2.32. The first-order valence-corrected chi connectivity index (χ1v) is 9.38. The summed E-state index contributed by atoms with van der Waals surface area (Å²) in [4.78, 5) is 14.6. The third kappa shape index (κ3) is 4.63. The van der Waals surface area contributed by atoms with Gasteiger partial charge in [0, 0.05) is 24.3 Å². The van der Waals surface area contributed by atoms with Crippen LogP contribution in [0.1, 0.15) is 24.2 Å². The molecule has 0 radical (unpaired) electrons. The van der Waals surface area contributed by atoms with Gasteiger partial charge in [-0.05, 0) is 67.2 Å². The van der Waals surface area contributed by atoms with Crippen molar-refractivity contribution >= 4 is 39.8 Å². The molecule has 27 heavy (non-hydrogen) atoms. The van der Waals surface area contributed by atoms with E-state index in [1.54, 1.807) is 24.3 Å². The summed E-state index contributed by atoms with van der Waals surface area (Å²) in [6.07, 6.45) is 0. The van der Waals surface area contributed by atoms with Gasteiger partial charge in [-0.2, -0.15) is 0 Å². The second-order valence-electron chi connectivity index (χ2n) is 6.08. The van der Waals surface area contributed by atoms with Gasteiger partial charge in [-0.15, -0.1) is 0 Å².